The van der Waals surface area contributed by atoms with Gasteiger partial charge in [-0.3, -0.25) is 14.4 Å². The summed E-state index contributed by atoms with van der Waals surface area (Å²) in [5.41, 5.74) is 1.95. The second-order valence-corrected chi connectivity index (χ2v) is 8.36. The number of para-hydroxylation sites is 1. The summed E-state index contributed by atoms with van der Waals surface area (Å²) in [6.45, 7) is 0. The minimum Gasteiger partial charge on any atom is -0.497 e. The van der Waals surface area contributed by atoms with Crippen molar-refractivity contribution < 1.29 is 19.2 Å². The molecule has 2 saturated heterocycles. The highest BCUT2D eigenvalue weighted by molar-refractivity contribution is 6.42. The van der Waals surface area contributed by atoms with Crippen LogP contribution in [0.5, 0.6) is 5.75 Å². The van der Waals surface area contributed by atoms with E-state index < -0.39 is 24.0 Å². The lowest BCUT2D eigenvalue weighted by Crippen LogP contribution is -2.37. The molecule has 0 radical (unpaired) electrons. The summed E-state index contributed by atoms with van der Waals surface area (Å²) in [6, 6.07) is 21.0. The summed E-state index contributed by atoms with van der Waals surface area (Å²) in [5, 5.41) is 2.26. The van der Waals surface area contributed by atoms with Crippen molar-refractivity contribution in [3.05, 3.63) is 88.4 Å². The van der Waals surface area contributed by atoms with Crippen LogP contribution in [0.1, 0.15) is 11.6 Å². The molecule has 2 amide bonds. The first-order valence-corrected chi connectivity index (χ1v) is 10.7. The van der Waals surface area contributed by atoms with Gasteiger partial charge in [0.1, 0.15) is 11.7 Å². The van der Waals surface area contributed by atoms with Crippen LogP contribution in [0, 0.1) is 5.92 Å². The maximum atomic E-state index is 13.6. The number of rotatable bonds is 4. The molecule has 3 aromatic carbocycles. The van der Waals surface area contributed by atoms with E-state index in [1.54, 1.807) is 24.3 Å². The Kier molecular flexibility index (Phi) is 5.29. The number of ether oxygens (including phenoxy) is 1. The first kappa shape index (κ1) is 20.8. The van der Waals surface area contributed by atoms with E-state index in [1.807, 2.05) is 54.6 Å². The lowest BCUT2D eigenvalue weighted by atomic mass is 9.90. The van der Waals surface area contributed by atoms with Crippen LogP contribution in [0.3, 0.4) is 0 Å². The molecule has 162 valence electrons. The molecule has 2 aliphatic heterocycles. The van der Waals surface area contributed by atoms with Crippen LogP contribution in [0.25, 0.3) is 0 Å². The molecular formula is C24H18Cl2N2O4. The zero-order valence-corrected chi connectivity index (χ0v) is 18.5. The van der Waals surface area contributed by atoms with Crippen LogP contribution in [-0.4, -0.2) is 25.0 Å². The number of hydroxylamine groups is 1. The summed E-state index contributed by atoms with van der Waals surface area (Å²) in [5.74, 6) is -0.819. The van der Waals surface area contributed by atoms with Gasteiger partial charge in [0.2, 0.25) is 5.91 Å². The fourth-order valence-corrected chi connectivity index (χ4v) is 4.52. The highest BCUT2D eigenvalue weighted by Crippen LogP contribution is 2.48. The summed E-state index contributed by atoms with van der Waals surface area (Å²) < 4.78 is 5.27. The van der Waals surface area contributed by atoms with Crippen molar-refractivity contribution in [2.75, 3.05) is 17.1 Å². The molecule has 3 atom stereocenters. The van der Waals surface area contributed by atoms with Crippen LogP contribution in [0.15, 0.2) is 72.8 Å². The smallest absolute Gasteiger partial charge is 0.266 e. The number of benzene rings is 3. The van der Waals surface area contributed by atoms with Gasteiger partial charge in [0.05, 0.1) is 34.6 Å². The van der Waals surface area contributed by atoms with Gasteiger partial charge in [0, 0.05) is 0 Å². The van der Waals surface area contributed by atoms with Crippen molar-refractivity contribution in [1.82, 2.24) is 0 Å². The maximum absolute atomic E-state index is 13.6. The van der Waals surface area contributed by atoms with Gasteiger partial charge in [-0.1, -0.05) is 53.5 Å². The van der Waals surface area contributed by atoms with E-state index in [9.17, 15) is 9.59 Å². The Labute approximate surface area is 194 Å². The molecule has 0 spiro atoms. The molecule has 0 N–H and O–H groups in total. The SMILES string of the molecule is COc1ccc([C@H]2[C@H]3C(=O)N(c4ccc(Cl)c(Cl)c4)C(=O)[C@H]3ON2c2ccccc2)cc1. The first-order valence-electron chi connectivity index (χ1n) is 9.97. The number of carbonyl (C=O) groups is 2. The standard InChI is InChI=1S/C24H18Cl2N2O4/c1-31-17-10-7-14(8-11-17)21-20-22(32-28(21)15-5-3-2-4-6-15)24(30)27(23(20)29)16-9-12-18(25)19(26)13-16/h2-13,20-22H,1H3/t20-,21+,22+/m1/s1. The lowest BCUT2D eigenvalue weighted by Gasteiger charge is -2.28. The predicted molar refractivity (Wildman–Crippen MR) is 122 cm³/mol. The normalized spacial score (nSPS) is 22.4. The molecule has 2 fully saturated rings. The van der Waals surface area contributed by atoms with Crippen LogP contribution < -0.4 is 14.7 Å². The van der Waals surface area contributed by atoms with Crippen LogP contribution >= 0.6 is 23.2 Å². The third-order valence-corrected chi connectivity index (χ3v) is 6.48. The average molecular weight is 469 g/mol. The van der Waals surface area contributed by atoms with Crippen molar-refractivity contribution >= 4 is 46.4 Å². The van der Waals surface area contributed by atoms with Gasteiger partial charge in [-0.15, -0.1) is 0 Å². The molecule has 3 aromatic rings. The number of methoxy groups -OCH3 is 1. The lowest BCUT2D eigenvalue weighted by molar-refractivity contribution is -0.126. The molecule has 32 heavy (non-hydrogen) atoms. The van der Waals surface area contributed by atoms with Crippen LogP contribution in [-0.2, 0) is 14.4 Å². The van der Waals surface area contributed by atoms with E-state index >= 15 is 0 Å². The van der Waals surface area contributed by atoms with Gasteiger partial charge in [-0.25, -0.2) is 9.96 Å². The third kappa shape index (κ3) is 3.32. The summed E-state index contributed by atoms with van der Waals surface area (Å²) in [6.07, 6.45) is -0.954. The number of halogens is 2. The largest absolute Gasteiger partial charge is 0.497 e. The van der Waals surface area contributed by atoms with Crippen molar-refractivity contribution in [2.45, 2.75) is 12.1 Å². The van der Waals surface area contributed by atoms with E-state index in [2.05, 4.69) is 0 Å². The molecule has 0 saturated carbocycles. The number of anilines is 2. The zero-order chi connectivity index (χ0) is 22.4. The molecular weight excluding hydrogens is 451 g/mol. The molecule has 2 aliphatic rings. The summed E-state index contributed by atoms with van der Waals surface area (Å²) >= 11 is 12.1. The van der Waals surface area contributed by atoms with Crippen molar-refractivity contribution in [3.63, 3.8) is 0 Å². The van der Waals surface area contributed by atoms with E-state index in [-0.39, 0.29) is 10.9 Å². The summed E-state index contributed by atoms with van der Waals surface area (Å²) in [7, 11) is 1.59. The number of imide groups is 1. The van der Waals surface area contributed by atoms with Crippen molar-refractivity contribution in [2.24, 2.45) is 5.92 Å². The van der Waals surface area contributed by atoms with Crippen LogP contribution in [0.4, 0.5) is 11.4 Å². The topological polar surface area (TPSA) is 59.1 Å². The van der Waals surface area contributed by atoms with Gasteiger partial charge in [-0.05, 0) is 48.0 Å². The minimum absolute atomic E-state index is 0.264. The second kappa shape index (κ2) is 8.13. The average Bonchev–Trinajstić information content (AvgIpc) is 3.32. The van der Waals surface area contributed by atoms with Crippen LogP contribution in [0.2, 0.25) is 10.0 Å². The van der Waals surface area contributed by atoms with Gasteiger partial charge >= 0.3 is 0 Å². The number of hydrogen-bond donors (Lipinski definition) is 0. The van der Waals surface area contributed by atoms with Crippen molar-refractivity contribution in [1.29, 1.82) is 0 Å². The number of fused-ring (bicyclic) bond motifs is 1. The third-order valence-electron chi connectivity index (χ3n) is 5.74. The Balaban J connectivity index is 1.57. The van der Waals surface area contributed by atoms with Gasteiger partial charge in [0.15, 0.2) is 6.10 Å². The van der Waals surface area contributed by atoms with E-state index in [0.29, 0.717) is 16.5 Å². The Morgan fingerprint density at radius 3 is 2.22 bits per heavy atom. The van der Waals surface area contributed by atoms with Gasteiger partial charge in [0.25, 0.3) is 5.91 Å². The summed E-state index contributed by atoms with van der Waals surface area (Å²) in [4.78, 5) is 34.1. The van der Waals surface area contributed by atoms with Gasteiger partial charge < -0.3 is 4.74 Å². The molecule has 0 bridgehead atoms. The van der Waals surface area contributed by atoms with E-state index in [0.717, 1.165) is 16.2 Å². The molecule has 0 aromatic heterocycles. The molecule has 8 heteroatoms. The zero-order valence-electron chi connectivity index (χ0n) is 16.9. The quantitative estimate of drug-likeness (QED) is 0.501. The Bertz CT molecular complexity index is 1190. The second-order valence-electron chi connectivity index (χ2n) is 7.54. The van der Waals surface area contributed by atoms with E-state index in [4.69, 9.17) is 32.8 Å². The molecule has 0 unspecified atom stereocenters. The number of nitrogens with zero attached hydrogens (tertiary/aromatic N) is 2. The molecule has 6 nitrogen and oxygen atoms in total. The fourth-order valence-electron chi connectivity index (χ4n) is 4.23. The monoisotopic (exact) mass is 468 g/mol. The van der Waals surface area contributed by atoms with Gasteiger partial charge in [-0.2, -0.15) is 0 Å². The highest BCUT2D eigenvalue weighted by Gasteiger charge is 2.60. The number of hydrogen-bond acceptors (Lipinski definition) is 5. The fraction of sp³-hybridized carbons (Fsp3) is 0.167. The molecule has 2 heterocycles. The Morgan fingerprint density at radius 1 is 0.844 bits per heavy atom. The maximum Gasteiger partial charge on any atom is 0.266 e. The number of amides is 2. The minimum atomic E-state index is -0.954. The first-order chi connectivity index (χ1) is 15.5. The molecule has 5 rings (SSSR count). The Morgan fingerprint density at radius 2 is 1.56 bits per heavy atom. The number of carbonyl (C=O) groups excluding carboxylic acids is 2. The molecule has 0 aliphatic carbocycles. The van der Waals surface area contributed by atoms with E-state index in [1.165, 1.54) is 6.07 Å². The van der Waals surface area contributed by atoms with Crippen molar-refractivity contribution in [3.8, 4) is 5.75 Å². The predicted octanol–water partition coefficient (Wildman–Crippen LogP) is 5.05. The Hall–Kier alpha value is -3.06. The highest BCUT2D eigenvalue weighted by atomic mass is 35.5.